The first-order valence-electron chi connectivity index (χ1n) is 11.0. The highest BCUT2D eigenvalue weighted by Crippen LogP contribution is 2.34. The molecule has 0 amide bonds. The van der Waals surface area contributed by atoms with E-state index in [2.05, 4.69) is 18.7 Å². The fourth-order valence-corrected chi connectivity index (χ4v) is 3.76. The Kier molecular flexibility index (Phi) is 8.20. The molecule has 0 aliphatic carbocycles. The number of hydrogen-bond acceptors (Lipinski definition) is 4. The molecule has 3 aromatic rings. The summed E-state index contributed by atoms with van der Waals surface area (Å²) in [5.74, 6) is 0.872. The maximum absolute atomic E-state index is 13.3. The number of aromatic nitrogens is 2. The minimum atomic E-state index is -0.366. The molecule has 0 bridgehead atoms. The van der Waals surface area contributed by atoms with Crippen LogP contribution in [0, 0.1) is 5.82 Å². The van der Waals surface area contributed by atoms with E-state index in [9.17, 15) is 9.50 Å². The lowest BCUT2D eigenvalue weighted by molar-refractivity contribution is 0.100. The van der Waals surface area contributed by atoms with Crippen molar-refractivity contribution in [2.75, 3.05) is 13.1 Å². The van der Waals surface area contributed by atoms with Gasteiger partial charge in [-0.05, 0) is 43.7 Å². The summed E-state index contributed by atoms with van der Waals surface area (Å²) in [4.78, 5) is 2.25. The van der Waals surface area contributed by atoms with Crippen molar-refractivity contribution in [3.8, 4) is 22.9 Å². The van der Waals surface area contributed by atoms with Crippen LogP contribution in [0.2, 0.25) is 0 Å². The third kappa shape index (κ3) is 6.15. The number of rotatable bonds is 11. The van der Waals surface area contributed by atoms with E-state index in [-0.39, 0.29) is 11.9 Å². The van der Waals surface area contributed by atoms with Gasteiger partial charge >= 0.3 is 0 Å². The Hall–Kier alpha value is -2.70. The summed E-state index contributed by atoms with van der Waals surface area (Å²) in [5.41, 5.74) is 2.81. The normalized spacial score (nSPS) is 12.3. The predicted octanol–water partition coefficient (Wildman–Crippen LogP) is 5.39. The molecule has 1 aromatic heterocycles. The summed E-state index contributed by atoms with van der Waals surface area (Å²) in [5, 5.41) is 15.2. The topological polar surface area (TPSA) is 50.5 Å². The largest absolute Gasteiger partial charge is 0.439 e. The van der Waals surface area contributed by atoms with E-state index >= 15 is 0 Å². The quantitative estimate of drug-likeness (QED) is 0.447. The maximum Gasteiger partial charge on any atom is 0.222 e. The van der Waals surface area contributed by atoms with Crippen molar-refractivity contribution < 1.29 is 14.2 Å². The number of benzene rings is 2. The molecule has 2 aromatic carbocycles. The summed E-state index contributed by atoms with van der Waals surface area (Å²) in [6.07, 6.45) is 2.34. The fraction of sp³-hybridized carbons (Fsp3) is 0.400. The van der Waals surface area contributed by atoms with Crippen LogP contribution in [0.25, 0.3) is 11.3 Å². The Balaban J connectivity index is 1.98. The van der Waals surface area contributed by atoms with Gasteiger partial charge in [-0.3, -0.25) is 4.90 Å². The summed E-state index contributed by atoms with van der Waals surface area (Å²) in [7, 11) is 1.85. The molecule has 0 saturated heterocycles. The van der Waals surface area contributed by atoms with Crippen LogP contribution in [0.1, 0.15) is 38.7 Å². The van der Waals surface area contributed by atoms with Crippen molar-refractivity contribution in [1.82, 2.24) is 14.7 Å². The van der Waals surface area contributed by atoms with Gasteiger partial charge in [0, 0.05) is 25.7 Å². The molecule has 6 heteroatoms. The average molecular weight is 426 g/mol. The van der Waals surface area contributed by atoms with Crippen LogP contribution in [-0.2, 0) is 13.6 Å². The second-order valence-corrected chi connectivity index (χ2v) is 7.86. The van der Waals surface area contributed by atoms with Crippen molar-refractivity contribution in [3.63, 3.8) is 0 Å². The van der Waals surface area contributed by atoms with Crippen LogP contribution in [0.15, 0.2) is 54.6 Å². The molecule has 0 fully saturated rings. The highest BCUT2D eigenvalue weighted by atomic mass is 19.1. The molecule has 0 unspecified atom stereocenters. The van der Waals surface area contributed by atoms with Crippen molar-refractivity contribution in [1.29, 1.82) is 0 Å². The number of ether oxygens (including phenoxy) is 1. The zero-order valence-electron chi connectivity index (χ0n) is 18.6. The number of nitrogens with zero attached hydrogens (tertiary/aromatic N) is 3. The smallest absolute Gasteiger partial charge is 0.222 e. The van der Waals surface area contributed by atoms with Crippen molar-refractivity contribution >= 4 is 0 Å². The van der Waals surface area contributed by atoms with Gasteiger partial charge in [-0.1, -0.05) is 50.6 Å². The number of aliphatic hydroxyl groups excluding tert-OH is 1. The molecule has 1 atom stereocenters. The lowest BCUT2D eigenvalue weighted by Gasteiger charge is -2.25. The number of aliphatic hydroxyl groups is 1. The second kappa shape index (κ2) is 11.1. The Bertz CT molecular complexity index is 941. The van der Waals surface area contributed by atoms with Gasteiger partial charge in [0.1, 0.15) is 17.3 Å². The van der Waals surface area contributed by atoms with Gasteiger partial charge in [-0.15, -0.1) is 0 Å². The predicted molar refractivity (Wildman–Crippen MR) is 122 cm³/mol. The second-order valence-electron chi connectivity index (χ2n) is 7.86. The van der Waals surface area contributed by atoms with Gasteiger partial charge in [0.05, 0.1) is 11.7 Å². The lowest BCUT2D eigenvalue weighted by atomic mass is 10.1. The van der Waals surface area contributed by atoms with Crippen molar-refractivity contribution in [2.45, 2.75) is 45.8 Å². The third-order valence-electron chi connectivity index (χ3n) is 5.18. The van der Waals surface area contributed by atoms with Crippen molar-refractivity contribution in [2.24, 2.45) is 7.05 Å². The molecule has 0 spiro atoms. The van der Waals surface area contributed by atoms with Gasteiger partial charge < -0.3 is 9.84 Å². The van der Waals surface area contributed by atoms with Crippen LogP contribution in [0.4, 0.5) is 4.39 Å². The van der Waals surface area contributed by atoms with E-state index in [1.165, 1.54) is 12.1 Å². The minimum absolute atomic E-state index is 0.304. The zero-order valence-corrected chi connectivity index (χ0v) is 18.6. The first-order valence-corrected chi connectivity index (χ1v) is 11.0. The third-order valence-corrected chi connectivity index (χ3v) is 5.18. The molecule has 0 radical (unpaired) electrons. The summed E-state index contributed by atoms with van der Waals surface area (Å²) < 4.78 is 21.3. The summed E-state index contributed by atoms with van der Waals surface area (Å²) >= 11 is 0. The molecule has 31 heavy (non-hydrogen) atoms. The number of hydrogen-bond donors (Lipinski definition) is 1. The van der Waals surface area contributed by atoms with Crippen LogP contribution < -0.4 is 4.74 Å². The Morgan fingerprint density at radius 1 is 1.06 bits per heavy atom. The first kappa shape index (κ1) is 23.0. The van der Waals surface area contributed by atoms with Gasteiger partial charge in [-0.25, -0.2) is 9.07 Å². The molecule has 5 nitrogen and oxygen atoms in total. The van der Waals surface area contributed by atoms with E-state index in [1.54, 1.807) is 16.8 Å². The summed E-state index contributed by atoms with van der Waals surface area (Å²) in [6.45, 7) is 6.27. The van der Waals surface area contributed by atoms with Crippen LogP contribution >= 0.6 is 0 Å². The lowest BCUT2D eigenvalue weighted by Crippen LogP contribution is -2.32. The molecule has 0 aliphatic heterocycles. The van der Waals surface area contributed by atoms with E-state index in [0.29, 0.717) is 24.7 Å². The van der Waals surface area contributed by atoms with Crippen LogP contribution in [0.3, 0.4) is 0 Å². The number of halogens is 1. The Labute approximate surface area is 184 Å². The molecule has 0 aliphatic rings. The van der Waals surface area contributed by atoms with Crippen molar-refractivity contribution in [3.05, 3.63) is 66.0 Å². The average Bonchev–Trinajstić information content (AvgIpc) is 3.06. The molecule has 1 heterocycles. The highest BCUT2D eigenvalue weighted by molar-refractivity contribution is 5.65. The SMILES string of the molecule is CCC[C@H](O)CN(CCC)Cc1c(-c2ccccc2)nn(C)c1Oc1ccc(F)cc1. The summed E-state index contributed by atoms with van der Waals surface area (Å²) in [6, 6.07) is 16.0. The van der Waals surface area contributed by atoms with Gasteiger partial charge in [0.15, 0.2) is 0 Å². The van der Waals surface area contributed by atoms with Gasteiger partial charge in [0.2, 0.25) is 5.88 Å². The van der Waals surface area contributed by atoms with E-state index in [0.717, 1.165) is 42.6 Å². The molecular weight excluding hydrogens is 393 g/mol. The molecule has 0 saturated carbocycles. The van der Waals surface area contributed by atoms with E-state index in [1.807, 2.05) is 37.4 Å². The standard InChI is InChI=1S/C25H32FN3O2/c1-4-9-21(30)17-29(16-5-2)18-23-24(19-10-7-6-8-11-19)27-28(3)25(23)31-22-14-12-20(26)13-15-22/h6-8,10-15,21,30H,4-5,9,16-18H2,1-3H3/t21-/m0/s1. The Morgan fingerprint density at radius 2 is 1.77 bits per heavy atom. The molecule has 1 N–H and O–H groups in total. The maximum atomic E-state index is 13.3. The Morgan fingerprint density at radius 3 is 2.42 bits per heavy atom. The zero-order chi connectivity index (χ0) is 22.2. The molecule has 3 rings (SSSR count). The fourth-order valence-electron chi connectivity index (χ4n) is 3.76. The van der Waals surface area contributed by atoms with E-state index < -0.39 is 0 Å². The van der Waals surface area contributed by atoms with Crippen LogP contribution in [0.5, 0.6) is 11.6 Å². The number of aryl methyl sites for hydroxylation is 1. The van der Waals surface area contributed by atoms with E-state index in [4.69, 9.17) is 9.84 Å². The minimum Gasteiger partial charge on any atom is -0.439 e. The van der Waals surface area contributed by atoms with Crippen LogP contribution in [-0.4, -0.2) is 39.0 Å². The first-order chi connectivity index (χ1) is 15.0. The van der Waals surface area contributed by atoms with Gasteiger partial charge in [0.25, 0.3) is 0 Å². The molecular formula is C25H32FN3O2. The molecule has 166 valence electrons. The van der Waals surface area contributed by atoms with Gasteiger partial charge in [-0.2, -0.15) is 5.10 Å². The highest BCUT2D eigenvalue weighted by Gasteiger charge is 2.23. The monoisotopic (exact) mass is 425 g/mol.